The number of hydrogen-bond acceptors (Lipinski definition) is 3. The van der Waals surface area contributed by atoms with Crippen molar-refractivity contribution in [3.05, 3.63) is 35.9 Å². The fourth-order valence-electron chi connectivity index (χ4n) is 4.23. The van der Waals surface area contributed by atoms with E-state index in [4.69, 9.17) is 0 Å². The molecule has 5 heteroatoms. The van der Waals surface area contributed by atoms with Crippen LogP contribution in [0.4, 0.5) is 4.79 Å². The number of carbonyl (C=O) groups is 1. The van der Waals surface area contributed by atoms with Gasteiger partial charge in [-0.15, -0.1) is 0 Å². The van der Waals surface area contributed by atoms with Gasteiger partial charge in [-0.2, -0.15) is 0 Å². The number of fused-ring (bicyclic) bond motifs is 1. The lowest BCUT2D eigenvalue weighted by Crippen LogP contribution is -2.47. The molecule has 1 aliphatic carbocycles. The van der Waals surface area contributed by atoms with E-state index in [0.717, 1.165) is 38.5 Å². The molecule has 0 unspecified atom stereocenters. The van der Waals surface area contributed by atoms with Crippen molar-refractivity contribution in [3.63, 3.8) is 0 Å². The van der Waals surface area contributed by atoms with E-state index in [1.165, 1.54) is 18.5 Å². The molecule has 2 aliphatic rings. The molecule has 0 spiro atoms. The highest BCUT2D eigenvalue weighted by atomic mass is 16.2. The van der Waals surface area contributed by atoms with Crippen molar-refractivity contribution in [2.24, 2.45) is 11.8 Å². The zero-order valence-corrected chi connectivity index (χ0v) is 15.8. The largest absolute Gasteiger partial charge is 0.335 e. The molecule has 0 bridgehead atoms. The Hall–Kier alpha value is -1.59. The predicted octanol–water partition coefficient (Wildman–Crippen LogP) is 2.10. The smallest absolute Gasteiger partial charge is 0.317 e. The van der Waals surface area contributed by atoms with E-state index in [1.54, 1.807) is 0 Å². The number of carbonyl (C=O) groups excluding carboxylic acids is 1. The number of likely N-dealkylation sites (N-methyl/N-ethyl adjacent to an activating group) is 2. The van der Waals surface area contributed by atoms with Crippen LogP contribution in [0.2, 0.25) is 0 Å². The minimum Gasteiger partial charge on any atom is -0.335 e. The highest BCUT2D eigenvalue weighted by Gasteiger charge is 2.43. The molecule has 1 heterocycles. The topological polar surface area (TPSA) is 38.8 Å². The molecule has 0 radical (unpaired) electrons. The van der Waals surface area contributed by atoms with Crippen molar-refractivity contribution in [3.8, 4) is 0 Å². The summed E-state index contributed by atoms with van der Waals surface area (Å²) in [6, 6.07) is 11.1. The minimum absolute atomic E-state index is 0.0778. The van der Waals surface area contributed by atoms with E-state index < -0.39 is 0 Å². The van der Waals surface area contributed by atoms with Crippen molar-refractivity contribution in [2.75, 3.05) is 47.3 Å². The van der Waals surface area contributed by atoms with E-state index in [0.29, 0.717) is 12.0 Å². The highest BCUT2D eigenvalue weighted by Crippen LogP contribution is 2.38. The fourth-order valence-corrected chi connectivity index (χ4v) is 4.23. The summed E-state index contributed by atoms with van der Waals surface area (Å²) in [5, 5.41) is 3.30. The SMILES string of the molecule is CN(C)CCN(C)C(=O)N[C@@H]1CC[C@H]2CN(Cc3ccccc3)C[C@H]21. The molecule has 25 heavy (non-hydrogen) atoms. The lowest BCUT2D eigenvalue weighted by Gasteiger charge is -2.26. The first-order valence-corrected chi connectivity index (χ1v) is 9.45. The molecule has 1 aromatic carbocycles. The standard InChI is InChI=1S/C20H32N4O/c1-22(2)11-12-23(3)20(25)21-19-10-9-17-14-24(15-18(17)19)13-16-7-5-4-6-8-16/h4-8,17-19H,9-15H2,1-3H3,(H,21,25)/t17-,18+,19+/m0/s1. The molecule has 3 atom stereocenters. The molecule has 1 aliphatic heterocycles. The zero-order valence-electron chi connectivity index (χ0n) is 15.8. The Morgan fingerprint density at radius 1 is 1.12 bits per heavy atom. The van der Waals surface area contributed by atoms with Crippen LogP contribution < -0.4 is 5.32 Å². The van der Waals surface area contributed by atoms with Gasteiger partial charge in [-0.3, -0.25) is 4.90 Å². The Kier molecular flexibility index (Phi) is 5.97. The van der Waals surface area contributed by atoms with Crippen LogP contribution in [0.15, 0.2) is 30.3 Å². The van der Waals surface area contributed by atoms with E-state index in [9.17, 15) is 4.79 Å². The van der Waals surface area contributed by atoms with Crippen LogP contribution in [-0.4, -0.2) is 74.1 Å². The molecular formula is C20H32N4O. The molecular weight excluding hydrogens is 312 g/mol. The second-order valence-electron chi connectivity index (χ2n) is 7.96. The van der Waals surface area contributed by atoms with Gasteiger partial charge in [-0.25, -0.2) is 4.79 Å². The maximum absolute atomic E-state index is 12.5. The summed E-state index contributed by atoms with van der Waals surface area (Å²) >= 11 is 0. The van der Waals surface area contributed by atoms with E-state index in [2.05, 4.69) is 45.4 Å². The highest BCUT2D eigenvalue weighted by molar-refractivity contribution is 5.74. The van der Waals surface area contributed by atoms with Crippen molar-refractivity contribution in [1.29, 1.82) is 0 Å². The van der Waals surface area contributed by atoms with Gasteiger partial charge in [0, 0.05) is 45.8 Å². The summed E-state index contributed by atoms with van der Waals surface area (Å²) in [6.07, 6.45) is 2.37. The summed E-state index contributed by atoms with van der Waals surface area (Å²) in [5.74, 6) is 1.34. The van der Waals surface area contributed by atoms with Crippen LogP contribution in [0.1, 0.15) is 18.4 Å². The van der Waals surface area contributed by atoms with Crippen LogP contribution in [0.3, 0.4) is 0 Å². The number of rotatable bonds is 6. The first-order chi connectivity index (χ1) is 12.0. The molecule has 138 valence electrons. The Labute approximate surface area is 152 Å². The Morgan fingerprint density at radius 2 is 1.88 bits per heavy atom. The second kappa shape index (κ2) is 8.19. The first kappa shape index (κ1) is 18.2. The second-order valence-corrected chi connectivity index (χ2v) is 7.96. The van der Waals surface area contributed by atoms with Crippen molar-refractivity contribution in [2.45, 2.75) is 25.4 Å². The number of benzene rings is 1. The van der Waals surface area contributed by atoms with Gasteiger partial charge in [0.1, 0.15) is 0 Å². The zero-order chi connectivity index (χ0) is 17.8. The third-order valence-corrected chi connectivity index (χ3v) is 5.72. The summed E-state index contributed by atoms with van der Waals surface area (Å²) in [5.41, 5.74) is 1.38. The Bertz CT molecular complexity index is 562. The lowest BCUT2D eigenvalue weighted by atomic mass is 9.98. The third kappa shape index (κ3) is 4.73. The number of hydrogen-bond donors (Lipinski definition) is 1. The third-order valence-electron chi connectivity index (χ3n) is 5.72. The van der Waals surface area contributed by atoms with E-state index in [1.807, 2.05) is 26.0 Å². The average Bonchev–Trinajstić information content (AvgIpc) is 3.14. The van der Waals surface area contributed by atoms with Gasteiger partial charge in [0.2, 0.25) is 0 Å². The van der Waals surface area contributed by atoms with Crippen LogP contribution >= 0.6 is 0 Å². The molecule has 1 aromatic rings. The number of nitrogens with zero attached hydrogens (tertiary/aromatic N) is 3. The summed E-state index contributed by atoms with van der Waals surface area (Å²) in [7, 11) is 5.96. The van der Waals surface area contributed by atoms with Crippen molar-refractivity contribution < 1.29 is 4.79 Å². The summed E-state index contributed by atoms with van der Waals surface area (Å²) in [4.78, 5) is 18.9. The van der Waals surface area contributed by atoms with E-state index in [-0.39, 0.29) is 6.03 Å². The van der Waals surface area contributed by atoms with Crippen molar-refractivity contribution in [1.82, 2.24) is 20.0 Å². The van der Waals surface area contributed by atoms with Gasteiger partial charge in [0.05, 0.1) is 0 Å². The molecule has 1 saturated heterocycles. The van der Waals surface area contributed by atoms with Gasteiger partial charge in [-0.1, -0.05) is 30.3 Å². The predicted molar refractivity (Wildman–Crippen MR) is 101 cm³/mol. The number of nitrogens with one attached hydrogen (secondary N) is 1. The Morgan fingerprint density at radius 3 is 2.60 bits per heavy atom. The van der Waals surface area contributed by atoms with Gasteiger partial charge < -0.3 is 15.1 Å². The quantitative estimate of drug-likeness (QED) is 0.859. The molecule has 3 rings (SSSR count). The molecule has 1 saturated carbocycles. The normalized spacial score (nSPS) is 26.0. The maximum Gasteiger partial charge on any atom is 0.317 e. The maximum atomic E-state index is 12.5. The average molecular weight is 345 g/mol. The van der Waals surface area contributed by atoms with Crippen LogP contribution in [0.5, 0.6) is 0 Å². The number of likely N-dealkylation sites (tertiary alicyclic amines) is 1. The van der Waals surface area contributed by atoms with Gasteiger partial charge in [0.25, 0.3) is 0 Å². The molecule has 1 N–H and O–H groups in total. The number of amides is 2. The van der Waals surface area contributed by atoms with Crippen LogP contribution in [-0.2, 0) is 6.54 Å². The monoisotopic (exact) mass is 344 g/mol. The molecule has 5 nitrogen and oxygen atoms in total. The van der Waals surface area contributed by atoms with Gasteiger partial charge in [0.15, 0.2) is 0 Å². The molecule has 2 amide bonds. The van der Waals surface area contributed by atoms with E-state index >= 15 is 0 Å². The lowest BCUT2D eigenvalue weighted by molar-refractivity contribution is 0.195. The number of urea groups is 1. The summed E-state index contributed by atoms with van der Waals surface area (Å²) in [6.45, 7) is 4.96. The minimum atomic E-state index is 0.0778. The van der Waals surface area contributed by atoms with Crippen LogP contribution in [0, 0.1) is 11.8 Å². The fraction of sp³-hybridized carbons (Fsp3) is 0.650. The molecule has 0 aromatic heterocycles. The van der Waals surface area contributed by atoms with Crippen LogP contribution in [0.25, 0.3) is 0 Å². The molecule has 2 fully saturated rings. The first-order valence-electron chi connectivity index (χ1n) is 9.45. The van der Waals surface area contributed by atoms with Crippen molar-refractivity contribution >= 4 is 6.03 Å². The summed E-state index contributed by atoms with van der Waals surface area (Å²) < 4.78 is 0. The van der Waals surface area contributed by atoms with Gasteiger partial charge in [-0.05, 0) is 44.3 Å². The van der Waals surface area contributed by atoms with Gasteiger partial charge >= 0.3 is 6.03 Å². The Balaban J connectivity index is 1.49.